The lowest BCUT2D eigenvalue weighted by Crippen LogP contribution is -2.40. The molecule has 2 rings (SSSR count). The first-order chi connectivity index (χ1) is 13.6. The molecule has 1 unspecified atom stereocenters. The van der Waals surface area contributed by atoms with Gasteiger partial charge < -0.3 is 24.3 Å². The summed E-state index contributed by atoms with van der Waals surface area (Å²) < 4.78 is 16.3. The normalized spacial score (nSPS) is 12.4. The maximum absolute atomic E-state index is 12.1. The van der Waals surface area contributed by atoms with Gasteiger partial charge in [-0.05, 0) is 51.3 Å². The number of carboxylic acids is 1. The molecule has 29 heavy (non-hydrogen) atoms. The molecule has 0 aliphatic rings. The third kappa shape index (κ3) is 6.05. The van der Waals surface area contributed by atoms with E-state index in [-0.39, 0.29) is 13.0 Å². The number of rotatable bonds is 10. The molecule has 1 aromatic heterocycles. The van der Waals surface area contributed by atoms with Crippen molar-refractivity contribution >= 4 is 11.9 Å². The Labute approximate surface area is 170 Å². The van der Waals surface area contributed by atoms with Crippen molar-refractivity contribution in [2.24, 2.45) is 0 Å². The van der Waals surface area contributed by atoms with Crippen molar-refractivity contribution in [2.45, 2.75) is 59.2 Å². The van der Waals surface area contributed by atoms with E-state index in [4.69, 9.17) is 19.0 Å². The fourth-order valence-corrected chi connectivity index (χ4v) is 2.97. The predicted octanol–water partition coefficient (Wildman–Crippen LogP) is 3.32. The standard InChI is InChI=1S/C21H28N2O6/c1-6-27-20(26)21(4,5)29-18-13(2)9-15(10-14(18)3)12-23-16(11-17(24)25)19-22-7-8-28-19/h7-10,16,23H,6,11-12H2,1-5H3,(H,24,25). The molecule has 0 bridgehead atoms. The SMILES string of the molecule is CCOC(=O)C(C)(C)Oc1c(C)cc(CNC(CC(=O)O)c2ncco2)cc1C. The second-order valence-corrected chi connectivity index (χ2v) is 7.29. The number of carboxylic acid groups (broad SMARTS) is 1. The molecule has 0 saturated heterocycles. The first kappa shape index (κ1) is 22.4. The summed E-state index contributed by atoms with van der Waals surface area (Å²) in [6.45, 7) is 9.60. The lowest BCUT2D eigenvalue weighted by molar-refractivity contribution is -0.158. The number of nitrogens with one attached hydrogen (secondary N) is 1. The molecule has 2 aromatic rings. The number of benzene rings is 1. The zero-order valence-electron chi connectivity index (χ0n) is 17.4. The van der Waals surface area contributed by atoms with Crippen LogP contribution in [0.15, 0.2) is 29.0 Å². The maximum atomic E-state index is 12.1. The molecule has 0 aliphatic carbocycles. The van der Waals surface area contributed by atoms with Crippen LogP contribution in [0.5, 0.6) is 5.75 Å². The van der Waals surface area contributed by atoms with Gasteiger partial charge in [-0.2, -0.15) is 0 Å². The summed E-state index contributed by atoms with van der Waals surface area (Å²) in [5.74, 6) is -0.413. The summed E-state index contributed by atoms with van der Waals surface area (Å²) in [4.78, 5) is 27.3. The van der Waals surface area contributed by atoms with Gasteiger partial charge >= 0.3 is 11.9 Å². The predicted molar refractivity (Wildman–Crippen MR) is 106 cm³/mol. The Bertz CT molecular complexity index is 822. The summed E-state index contributed by atoms with van der Waals surface area (Å²) in [7, 11) is 0. The fourth-order valence-electron chi connectivity index (χ4n) is 2.97. The summed E-state index contributed by atoms with van der Waals surface area (Å²) >= 11 is 0. The van der Waals surface area contributed by atoms with Crippen LogP contribution in [-0.4, -0.2) is 34.2 Å². The third-order valence-electron chi connectivity index (χ3n) is 4.33. The Morgan fingerprint density at radius 1 is 1.28 bits per heavy atom. The summed E-state index contributed by atoms with van der Waals surface area (Å²) in [6, 6.07) is 3.33. The van der Waals surface area contributed by atoms with E-state index in [1.807, 2.05) is 26.0 Å². The number of esters is 1. The van der Waals surface area contributed by atoms with E-state index in [9.17, 15) is 9.59 Å². The zero-order valence-corrected chi connectivity index (χ0v) is 17.4. The first-order valence-electron chi connectivity index (χ1n) is 9.45. The Morgan fingerprint density at radius 2 is 1.93 bits per heavy atom. The molecule has 0 spiro atoms. The maximum Gasteiger partial charge on any atom is 0.349 e. The van der Waals surface area contributed by atoms with Crippen LogP contribution in [0.1, 0.15) is 55.8 Å². The number of hydrogen-bond donors (Lipinski definition) is 2. The Hall–Kier alpha value is -2.87. The van der Waals surface area contributed by atoms with Gasteiger partial charge in [-0.25, -0.2) is 9.78 Å². The highest BCUT2D eigenvalue weighted by Gasteiger charge is 2.32. The molecule has 8 nitrogen and oxygen atoms in total. The van der Waals surface area contributed by atoms with Crippen LogP contribution in [0.2, 0.25) is 0 Å². The minimum atomic E-state index is -1.11. The van der Waals surface area contributed by atoms with Gasteiger partial charge in [0.2, 0.25) is 5.89 Å². The van der Waals surface area contributed by atoms with Crippen molar-refractivity contribution in [2.75, 3.05) is 6.61 Å². The van der Waals surface area contributed by atoms with E-state index in [1.54, 1.807) is 20.8 Å². The van der Waals surface area contributed by atoms with Crippen LogP contribution >= 0.6 is 0 Å². The molecule has 8 heteroatoms. The van der Waals surface area contributed by atoms with Crippen molar-refractivity contribution in [3.05, 3.63) is 47.2 Å². The molecular formula is C21H28N2O6. The summed E-state index contributed by atoms with van der Waals surface area (Å²) in [5, 5.41) is 12.3. The topological polar surface area (TPSA) is 111 Å². The van der Waals surface area contributed by atoms with Gasteiger partial charge in [-0.15, -0.1) is 0 Å². The van der Waals surface area contributed by atoms with E-state index >= 15 is 0 Å². The number of hydrogen-bond acceptors (Lipinski definition) is 7. The van der Waals surface area contributed by atoms with Gasteiger partial charge in [0.15, 0.2) is 5.60 Å². The zero-order chi connectivity index (χ0) is 21.6. The molecule has 0 amide bonds. The van der Waals surface area contributed by atoms with Crippen LogP contribution in [0.4, 0.5) is 0 Å². The molecule has 1 atom stereocenters. The van der Waals surface area contributed by atoms with E-state index in [0.717, 1.165) is 16.7 Å². The Kier molecular flexibility index (Phi) is 7.39. The van der Waals surface area contributed by atoms with E-state index < -0.39 is 23.6 Å². The van der Waals surface area contributed by atoms with Crippen molar-refractivity contribution < 1.29 is 28.6 Å². The molecule has 0 fully saturated rings. The smallest absolute Gasteiger partial charge is 0.349 e. The minimum absolute atomic E-state index is 0.145. The first-order valence-corrected chi connectivity index (χ1v) is 9.45. The van der Waals surface area contributed by atoms with E-state index in [0.29, 0.717) is 18.2 Å². The van der Waals surface area contributed by atoms with Gasteiger partial charge in [0.1, 0.15) is 12.0 Å². The largest absolute Gasteiger partial charge is 0.481 e. The van der Waals surface area contributed by atoms with E-state index in [2.05, 4.69) is 10.3 Å². The monoisotopic (exact) mass is 404 g/mol. The minimum Gasteiger partial charge on any atom is -0.481 e. The van der Waals surface area contributed by atoms with Gasteiger partial charge in [0.25, 0.3) is 0 Å². The van der Waals surface area contributed by atoms with Crippen molar-refractivity contribution in [1.82, 2.24) is 10.3 Å². The van der Waals surface area contributed by atoms with Gasteiger partial charge in [0.05, 0.1) is 25.3 Å². The highest BCUT2D eigenvalue weighted by atomic mass is 16.6. The highest BCUT2D eigenvalue weighted by Crippen LogP contribution is 2.29. The number of aryl methyl sites for hydroxylation is 2. The number of carbonyl (C=O) groups is 2. The van der Waals surface area contributed by atoms with Crippen LogP contribution in [0.25, 0.3) is 0 Å². The van der Waals surface area contributed by atoms with Gasteiger partial charge in [-0.1, -0.05) is 12.1 Å². The number of nitrogens with zero attached hydrogens (tertiary/aromatic N) is 1. The van der Waals surface area contributed by atoms with Gasteiger partial charge in [0, 0.05) is 6.54 Å². The highest BCUT2D eigenvalue weighted by molar-refractivity contribution is 5.79. The molecule has 2 N–H and O–H groups in total. The van der Waals surface area contributed by atoms with Crippen LogP contribution in [0, 0.1) is 13.8 Å². The molecule has 0 aliphatic heterocycles. The number of ether oxygens (including phenoxy) is 2. The second kappa shape index (κ2) is 9.56. The van der Waals surface area contributed by atoms with Crippen molar-refractivity contribution in [3.63, 3.8) is 0 Å². The number of aliphatic carboxylic acids is 1. The Morgan fingerprint density at radius 3 is 2.45 bits per heavy atom. The van der Waals surface area contributed by atoms with Crippen LogP contribution in [0.3, 0.4) is 0 Å². The third-order valence-corrected chi connectivity index (χ3v) is 4.33. The molecule has 1 heterocycles. The van der Waals surface area contributed by atoms with Gasteiger partial charge in [-0.3, -0.25) is 4.79 Å². The fraction of sp³-hybridized carbons (Fsp3) is 0.476. The molecule has 0 saturated carbocycles. The second-order valence-electron chi connectivity index (χ2n) is 7.29. The average Bonchev–Trinajstić information content (AvgIpc) is 3.16. The lowest BCUT2D eigenvalue weighted by atomic mass is 10.0. The van der Waals surface area contributed by atoms with Crippen molar-refractivity contribution in [3.8, 4) is 5.75 Å². The molecule has 158 valence electrons. The number of carbonyl (C=O) groups excluding carboxylic acids is 1. The Balaban J connectivity index is 2.14. The number of aromatic nitrogens is 1. The summed E-state index contributed by atoms with van der Waals surface area (Å²) in [5.41, 5.74) is 1.57. The number of oxazole rings is 1. The van der Waals surface area contributed by atoms with Crippen molar-refractivity contribution in [1.29, 1.82) is 0 Å². The lowest BCUT2D eigenvalue weighted by Gasteiger charge is -2.26. The van der Waals surface area contributed by atoms with Crippen LogP contribution in [-0.2, 0) is 20.9 Å². The van der Waals surface area contributed by atoms with E-state index in [1.165, 1.54) is 12.5 Å². The molecular weight excluding hydrogens is 376 g/mol. The molecule has 1 aromatic carbocycles. The quantitative estimate of drug-likeness (QED) is 0.580. The van der Waals surface area contributed by atoms with Crippen LogP contribution < -0.4 is 10.1 Å². The molecule has 0 radical (unpaired) electrons. The summed E-state index contributed by atoms with van der Waals surface area (Å²) in [6.07, 6.45) is 2.75. The average molecular weight is 404 g/mol.